The third kappa shape index (κ3) is 5.05. The van der Waals surface area contributed by atoms with E-state index in [9.17, 15) is 4.79 Å². The Labute approximate surface area is 170 Å². The Morgan fingerprint density at radius 3 is 2.11 bits per heavy atom. The minimum Gasteiger partial charge on any atom is -0.497 e. The fraction of sp³-hybridized carbons (Fsp3) is 0.174. The molecule has 0 aliphatic heterocycles. The molecule has 3 aromatic carbocycles. The van der Waals surface area contributed by atoms with Gasteiger partial charge in [-0.1, -0.05) is 29.8 Å². The van der Waals surface area contributed by atoms with Crippen LogP contribution in [0.1, 0.15) is 28.4 Å². The first-order valence-electron chi connectivity index (χ1n) is 8.92. The fourth-order valence-electron chi connectivity index (χ4n) is 2.95. The molecule has 0 saturated carbocycles. The highest BCUT2D eigenvalue weighted by Crippen LogP contribution is 2.27. The van der Waals surface area contributed by atoms with Gasteiger partial charge in [0, 0.05) is 22.7 Å². The number of methoxy groups -OCH3 is 2. The van der Waals surface area contributed by atoms with Crippen molar-refractivity contribution in [2.45, 2.75) is 12.5 Å². The van der Waals surface area contributed by atoms with Crippen LogP contribution in [0.3, 0.4) is 0 Å². The van der Waals surface area contributed by atoms with Gasteiger partial charge in [0.25, 0.3) is 0 Å². The number of anilines is 1. The van der Waals surface area contributed by atoms with E-state index in [0.717, 1.165) is 22.7 Å². The predicted octanol–water partition coefficient (Wildman–Crippen LogP) is 5.78. The summed E-state index contributed by atoms with van der Waals surface area (Å²) in [5.41, 5.74) is 2.49. The van der Waals surface area contributed by atoms with Crippen molar-refractivity contribution in [3.63, 3.8) is 0 Å². The minimum atomic E-state index is -0.209. The van der Waals surface area contributed by atoms with Crippen molar-refractivity contribution in [3.05, 3.63) is 88.9 Å². The Balaban J connectivity index is 1.84. The standard InChI is InChI=1S/C23H22ClNO3/c1-27-20-10-6-16(7-11-20)22(25-19-5-3-4-18(24)14-19)15-23(26)17-8-12-21(28-2)13-9-17/h3-14,22,25H,15H2,1-2H3. The molecule has 0 fully saturated rings. The third-order valence-corrected chi connectivity index (χ3v) is 4.72. The first-order chi connectivity index (χ1) is 13.6. The van der Waals surface area contributed by atoms with Gasteiger partial charge in [-0.15, -0.1) is 0 Å². The highest BCUT2D eigenvalue weighted by molar-refractivity contribution is 6.30. The molecule has 1 atom stereocenters. The van der Waals surface area contributed by atoms with Crippen LogP contribution in [0.15, 0.2) is 72.8 Å². The maximum atomic E-state index is 12.9. The third-order valence-electron chi connectivity index (χ3n) is 4.49. The summed E-state index contributed by atoms with van der Waals surface area (Å²) >= 11 is 6.11. The van der Waals surface area contributed by atoms with E-state index in [1.807, 2.05) is 48.5 Å². The van der Waals surface area contributed by atoms with Crippen LogP contribution in [0.4, 0.5) is 5.69 Å². The van der Waals surface area contributed by atoms with Gasteiger partial charge >= 0.3 is 0 Å². The molecule has 0 radical (unpaired) electrons. The minimum absolute atomic E-state index is 0.0398. The van der Waals surface area contributed by atoms with Gasteiger partial charge in [-0.2, -0.15) is 0 Å². The zero-order valence-corrected chi connectivity index (χ0v) is 16.6. The summed E-state index contributed by atoms with van der Waals surface area (Å²) in [5.74, 6) is 1.53. The smallest absolute Gasteiger partial charge is 0.165 e. The van der Waals surface area contributed by atoms with Crippen molar-refractivity contribution in [1.29, 1.82) is 0 Å². The molecule has 4 nitrogen and oxygen atoms in total. The normalized spacial score (nSPS) is 11.5. The number of halogens is 1. The molecule has 0 saturated heterocycles. The number of nitrogens with one attached hydrogen (secondary N) is 1. The Hall–Kier alpha value is -2.98. The second-order valence-electron chi connectivity index (χ2n) is 6.34. The van der Waals surface area contributed by atoms with E-state index in [-0.39, 0.29) is 11.8 Å². The van der Waals surface area contributed by atoms with Crippen molar-refractivity contribution in [1.82, 2.24) is 0 Å². The van der Waals surface area contributed by atoms with Gasteiger partial charge in [0.15, 0.2) is 5.78 Å². The second-order valence-corrected chi connectivity index (χ2v) is 6.77. The van der Waals surface area contributed by atoms with Crippen molar-refractivity contribution in [2.75, 3.05) is 19.5 Å². The number of carbonyl (C=O) groups excluding carboxylic acids is 1. The molecular formula is C23H22ClNO3. The molecule has 0 amide bonds. The number of hydrogen-bond donors (Lipinski definition) is 1. The molecule has 0 aliphatic carbocycles. The molecule has 144 valence electrons. The van der Waals surface area contributed by atoms with E-state index < -0.39 is 0 Å². The number of ether oxygens (including phenoxy) is 2. The van der Waals surface area contributed by atoms with E-state index in [1.54, 1.807) is 38.5 Å². The van der Waals surface area contributed by atoms with Crippen molar-refractivity contribution >= 4 is 23.1 Å². The molecular weight excluding hydrogens is 374 g/mol. The maximum absolute atomic E-state index is 12.9. The van der Waals surface area contributed by atoms with Crippen LogP contribution in [0, 0.1) is 0 Å². The predicted molar refractivity (Wildman–Crippen MR) is 113 cm³/mol. The zero-order chi connectivity index (χ0) is 19.9. The van der Waals surface area contributed by atoms with Gasteiger partial charge in [0.2, 0.25) is 0 Å². The summed E-state index contributed by atoms with van der Waals surface area (Å²) in [4.78, 5) is 12.9. The number of Topliss-reactive ketones (excluding diaryl/α,β-unsaturated/α-hetero) is 1. The highest BCUT2D eigenvalue weighted by Gasteiger charge is 2.18. The van der Waals surface area contributed by atoms with E-state index in [4.69, 9.17) is 21.1 Å². The Morgan fingerprint density at radius 2 is 1.54 bits per heavy atom. The number of benzene rings is 3. The molecule has 1 unspecified atom stereocenters. The summed E-state index contributed by atoms with van der Waals surface area (Å²) in [6.07, 6.45) is 0.297. The quantitative estimate of drug-likeness (QED) is 0.491. The molecule has 3 rings (SSSR count). The van der Waals surface area contributed by atoms with Crippen molar-refractivity contribution in [3.8, 4) is 11.5 Å². The first-order valence-corrected chi connectivity index (χ1v) is 9.30. The van der Waals surface area contributed by atoms with Crippen LogP contribution in [0.2, 0.25) is 5.02 Å². The lowest BCUT2D eigenvalue weighted by Crippen LogP contribution is -2.16. The van der Waals surface area contributed by atoms with E-state index >= 15 is 0 Å². The van der Waals surface area contributed by atoms with Gasteiger partial charge in [0.1, 0.15) is 11.5 Å². The summed E-state index contributed by atoms with van der Waals surface area (Å²) in [6.45, 7) is 0. The number of rotatable bonds is 8. The second kappa shape index (κ2) is 9.29. The van der Waals surface area contributed by atoms with Crippen molar-refractivity contribution < 1.29 is 14.3 Å². The van der Waals surface area contributed by atoms with Crippen LogP contribution >= 0.6 is 11.6 Å². The molecule has 0 bridgehead atoms. The average molecular weight is 396 g/mol. The first kappa shape index (κ1) is 19.8. The Bertz CT molecular complexity index is 923. The van der Waals surface area contributed by atoms with Gasteiger partial charge in [-0.25, -0.2) is 0 Å². The van der Waals surface area contributed by atoms with E-state index in [0.29, 0.717) is 17.0 Å². The number of carbonyl (C=O) groups is 1. The lowest BCUT2D eigenvalue weighted by Gasteiger charge is -2.20. The number of ketones is 1. The van der Waals surface area contributed by atoms with Crippen LogP contribution in [-0.2, 0) is 0 Å². The SMILES string of the molecule is COc1ccc(C(=O)CC(Nc2cccc(Cl)c2)c2ccc(OC)cc2)cc1. The summed E-state index contributed by atoms with van der Waals surface area (Å²) in [6, 6.07) is 22.1. The van der Waals surface area contributed by atoms with Gasteiger partial charge in [-0.05, 0) is 60.2 Å². The molecule has 0 spiro atoms. The number of hydrogen-bond acceptors (Lipinski definition) is 4. The van der Waals surface area contributed by atoms with E-state index in [1.165, 1.54) is 0 Å². The maximum Gasteiger partial charge on any atom is 0.165 e. The lowest BCUT2D eigenvalue weighted by molar-refractivity contribution is 0.0976. The Morgan fingerprint density at radius 1 is 0.929 bits per heavy atom. The molecule has 0 aliphatic rings. The van der Waals surface area contributed by atoms with Crippen LogP contribution in [-0.4, -0.2) is 20.0 Å². The van der Waals surface area contributed by atoms with Crippen LogP contribution in [0.5, 0.6) is 11.5 Å². The van der Waals surface area contributed by atoms with E-state index in [2.05, 4.69) is 5.32 Å². The Kier molecular flexibility index (Phi) is 6.56. The molecule has 1 N–H and O–H groups in total. The van der Waals surface area contributed by atoms with Gasteiger partial charge in [0.05, 0.1) is 20.3 Å². The average Bonchev–Trinajstić information content (AvgIpc) is 2.73. The zero-order valence-electron chi connectivity index (χ0n) is 15.8. The lowest BCUT2D eigenvalue weighted by atomic mass is 9.97. The molecule has 0 aromatic heterocycles. The van der Waals surface area contributed by atoms with Crippen LogP contribution < -0.4 is 14.8 Å². The molecule has 3 aromatic rings. The van der Waals surface area contributed by atoms with Gasteiger partial charge in [-0.3, -0.25) is 4.79 Å². The fourth-order valence-corrected chi connectivity index (χ4v) is 3.14. The topological polar surface area (TPSA) is 47.6 Å². The van der Waals surface area contributed by atoms with Crippen LogP contribution in [0.25, 0.3) is 0 Å². The summed E-state index contributed by atoms with van der Waals surface area (Å²) < 4.78 is 10.4. The largest absolute Gasteiger partial charge is 0.497 e. The monoisotopic (exact) mass is 395 g/mol. The molecule has 5 heteroatoms. The highest BCUT2D eigenvalue weighted by atomic mass is 35.5. The van der Waals surface area contributed by atoms with Gasteiger partial charge < -0.3 is 14.8 Å². The van der Waals surface area contributed by atoms with Crippen molar-refractivity contribution in [2.24, 2.45) is 0 Å². The summed E-state index contributed by atoms with van der Waals surface area (Å²) in [5, 5.41) is 4.06. The molecule has 0 heterocycles. The summed E-state index contributed by atoms with van der Waals surface area (Å²) in [7, 11) is 3.23. The molecule has 28 heavy (non-hydrogen) atoms.